The molecule has 1 atom stereocenters. The standard InChI is InChI=1S/C16H15FN4S/c1-10-14(11(2)21-16-18-8-13(17)9-19-16)22-15(20-10)12-6-4-3-5-7-12/h3-9,11H,1-2H3,(H,18,19,21)/t11-/m0/s1. The van der Waals surface area contributed by atoms with Gasteiger partial charge in [0.05, 0.1) is 29.0 Å². The first kappa shape index (κ1) is 14.6. The largest absolute Gasteiger partial charge is 0.347 e. The predicted octanol–water partition coefficient (Wildman–Crippen LogP) is 4.22. The minimum Gasteiger partial charge on any atom is -0.347 e. The van der Waals surface area contributed by atoms with Crippen molar-refractivity contribution in [3.05, 3.63) is 59.1 Å². The topological polar surface area (TPSA) is 50.7 Å². The molecule has 0 aliphatic heterocycles. The SMILES string of the molecule is Cc1nc(-c2ccccc2)sc1[C@H](C)Nc1ncc(F)cn1. The molecule has 1 aromatic carbocycles. The van der Waals surface area contributed by atoms with E-state index in [1.165, 1.54) is 0 Å². The summed E-state index contributed by atoms with van der Waals surface area (Å²) in [6.07, 6.45) is 2.30. The molecule has 2 heterocycles. The summed E-state index contributed by atoms with van der Waals surface area (Å²) in [6, 6.07) is 10.1. The lowest BCUT2D eigenvalue weighted by molar-refractivity contribution is 0.613. The van der Waals surface area contributed by atoms with Gasteiger partial charge < -0.3 is 5.32 Å². The van der Waals surface area contributed by atoms with Gasteiger partial charge in [0.25, 0.3) is 0 Å². The Hall–Kier alpha value is -2.34. The number of hydrogen-bond acceptors (Lipinski definition) is 5. The molecule has 0 saturated heterocycles. The first-order chi connectivity index (χ1) is 10.6. The van der Waals surface area contributed by atoms with Crippen LogP contribution in [0.15, 0.2) is 42.7 Å². The summed E-state index contributed by atoms with van der Waals surface area (Å²) in [4.78, 5) is 13.6. The van der Waals surface area contributed by atoms with Gasteiger partial charge in [-0.3, -0.25) is 0 Å². The summed E-state index contributed by atoms with van der Waals surface area (Å²) in [5, 5.41) is 4.16. The maximum Gasteiger partial charge on any atom is 0.223 e. The van der Waals surface area contributed by atoms with Crippen molar-refractivity contribution in [2.45, 2.75) is 19.9 Å². The fourth-order valence-electron chi connectivity index (χ4n) is 2.16. The number of thiazole rings is 1. The van der Waals surface area contributed by atoms with Crippen LogP contribution in [0.5, 0.6) is 0 Å². The number of nitrogens with zero attached hydrogens (tertiary/aromatic N) is 3. The molecule has 2 aromatic heterocycles. The Balaban J connectivity index is 1.82. The van der Waals surface area contributed by atoms with Crippen LogP contribution in [0.1, 0.15) is 23.5 Å². The number of halogens is 1. The van der Waals surface area contributed by atoms with Crippen molar-refractivity contribution in [2.24, 2.45) is 0 Å². The van der Waals surface area contributed by atoms with E-state index in [9.17, 15) is 4.39 Å². The smallest absolute Gasteiger partial charge is 0.223 e. The average Bonchev–Trinajstić information content (AvgIpc) is 2.92. The highest BCUT2D eigenvalue weighted by Gasteiger charge is 2.16. The lowest BCUT2D eigenvalue weighted by atomic mass is 10.2. The zero-order valence-electron chi connectivity index (χ0n) is 12.2. The van der Waals surface area contributed by atoms with Gasteiger partial charge >= 0.3 is 0 Å². The number of anilines is 1. The van der Waals surface area contributed by atoms with Crippen LogP contribution < -0.4 is 5.32 Å². The van der Waals surface area contributed by atoms with Crippen molar-refractivity contribution in [1.29, 1.82) is 0 Å². The van der Waals surface area contributed by atoms with Crippen molar-refractivity contribution < 1.29 is 4.39 Å². The summed E-state index contributed by atoms with van der Waals surface area (Å²) < 4.78 is 12.8. The van der Waals surface area contributed by atoms with E-state index in [1.54, 1.807) is 11.3 Å². The van der Waals surface area contributed by atoms with E-state index in [1.807, 2.05) is 44.2 Å². The van der Waals surface area contributed by atoms with Gasteiger partial charge in [-0.15, -0.1) is 11.3 Å². The molecule has 0 bridgehead atoms. The van der Waals surface area contributed by atoms with Crippen LogP contribution in [0.25, 0.3) is 10.6 Å². The van der Waals surface area contributed by atoms with Crippen LogP contribution >= 0.6 is 11.3 Å². The van der Waals surface area contributed by atoms with Crippen molar-refractivity contribution in [3.8, 4) is 10.6 Å². The van der Waals surface area contributed by atoms with Crippen LogP contribution in [-0.2, 0) is 0 Å². The van der Waals surface area contributed by atoms with E-state index in [4.69, 9.17) is 0 Å². The summed E-state index contributed by atoms with van der Waals surface area (Å²) in [6.45, 7) is 4.00. The molecule has 1 N–H and O–H groups in total. The zero-order chi connectivity index (χ0) is 15.5. The Morgan fingerprint density at radius 3 is 2.50 bits per heavy atom. The number of hydrogen-bond donors (Lipinski definition) is 1. The van der Waals surface area contributed by atoms with Gasteiger partial charge in [-0.1, -0.05) is 30.3 Å². The highest BCUT2D eigenvalue weighted by atomic mass is 32.1. The van der Waals surface area contributed by atoms with Gasteiger partial charge in [0.15, 0.2) is 5.82 Å². The van der Waals surface area contributed by atoms with E-state index in [2.05, 4.69) is 20.3 Å². The molecule has 0 aliphatic carbocycles. The third kappa shape index (κ3) is 3.12. The van der Waals surface area contributed by atoms with Gasteiger partial charge in [-0.25, -0.2) is 19.3 Å². The van der Waals surface area contributed by atoms with Crippen LogP contribution in [0.2, 0.25) is 0 Å². The van der Waals surface area contributed by atoms with Gasteiger partial charge in [-0.2, -0.15) is 0 Å². The monoisotopic (exact) mass is 314 g/mol. The molecule has 0 amide bonds. The van der Waals surface area contributed by atoms with Crippen molar-refractivity contribution in [2.75, 3.05) is 5.32 Å². The Morgan fingerprint density at radius 1 is 1.14 bits per heavy atom. The van der Waals surface area contributed by atoms with E-state index in [0.717, 1.165) is 33.5 Å². The molecule has 0 radical (unpaired) electrons. The fraction of sp³-hybridized carbons (Fsp3) is 0.188. The van der Waals surface area contributed by atoms with E-state index in [-0.39, 0.29) is 6.04 Å². The molecule has 0 unspecified atom stereocenters. The second-order valence-electron chi connectivity index (χ2n) is 4.93. The number of aromatic nitrogens is 3. The maximum absolute atomic E-state index is 12.8. The normalized spacial score (nSPS) is 12.1. The van der Waals surface area contributed by atoms with Gasteiger partial charge in [0.2, 0.25) is 5.95 Å². The molecule has 22 heavy (non-hydrogen) atoms. The fourth-order valence-corrected chi connectivity index (χ4v) is 3.23. The van der Waals surface area contributed by atoms with Gasteiger partial charge in [0, 0.05) is 5.56 Å². The van der Waals surface area contributed by atoms with E-state index >= 15 is 0 Å². The molecule has 0 aliphatic rings. The van der Waals surface area contributed by atoms with Crippen molar-refractivity contribution >= 4 is 17.3 Å². The number of rotatable bonds is 4. The maximum atomic E-state index is 12.8. The second kappa shape index (κ2) is 6.19. The molecule has 0 fully saturated rings. The van der Waals surface area contributed by atoms with E-state index in [0.29, 0.717) is 5.95 Å². The first-order valence-corrected chi connectivity index (χ1v) is 7.72. The summed E-state index contributed by atoms with van der Waals surface area (Å²) in [7, 11) is 0. The third-order valence-electron chi connectivity index (χ3n) is 3.21. The molecule has 0 spiro atoms. The summed E-state index contributed by atoms with van der Waals surface area (Å²) in [5.74, 6) is -0.0403. The quantitative estimate of drug-likeness (QED) is 0.783. The predicted molar refractivity (Wildman–Crippen MR) is 86.3 cm³/mol. The number of benzene rings is 1. The molecule has 0 saturated carbocycles. The Labute approximate surface area is 132 Å². The second-order valence-corrected chi connectivity index (χ2v) is 5.96. The van der Waals surface area contributed by atoms with Gasteiger partial charge in [-0.05, 0) is 13.8 Å². The lowest BCUT2D eigenvalue weighted by Gasteiger charge is -2.12. The molecular formula is C16H15FN4S. The van der Waals surface area contributed by atoms with Crippen LogP contribution in [0.3, 0.4) is 0 Å². The summed E-state index contributed by atoms with van der Waals surface area (Å²) >= 11 is 1.64. The minimum absolute atomic E-state index is 0.000392. The molecule has 3 aromatic rings. The van der Waals surface area contributed by atoms with Crippen LogP contribution in [0.4, 0.5) is 10.3 Å². The van der Waals surface area contributed by atoms with Crippen molar-refractivity contribution in [1.82, 2.24) is 15.0 Å². The van der Waals surface area contributed by atoms with E-state index < -0.39 is 5.82 Å². The number of aryl methyl sites for hydroxylation is 1. The average molecular weight is 314 g/mol. The summed E-state index contributed by atoms with van der Waals surface area (Å²) in [5.41, 5.74) is 2.08. The third-order valence-corrected chi connectivity index (χ3v) is 4.60. The Bertz CT molecular complexity index is 756. The van der Waals surface area contributed by atoms with Crippen LogP contribution in [-0.4, -0.2) is 15.0 Å². The Morgan fingerprint density at radius 2 is 1.82 bits per heavy atom. The molecular weight excluding hydrogens is 299 g/mol. The highest BCUT2D eigenvalue weighted by Crippen LogP contribution is 2.32. The zero-order valence-corrected chi connectivity index (χ0v) is 13.1. The molecule has 4 nitrogen and oxygen atoms in total. The number of nitrogens with one attached hydrogen (secondary N) is 1. The molecule has 3 rings (SSSR count). The highest BCUT2D eigenvalue weighted by molar-refractivity contribution is 7.15. The molecule has 6 heteroatoms. The molecule has 112 valence electrons. The van der Waals surface area contributed by atoms with Crippen molar-refractivity contribution in [3.63, 3.8) is 0 Å². The van der Waals surface area contributed by atoms with Gasteiger partial charge in [0.1, 0.15) is 5.01 Å². The minimum atomic E-state index is -0.446. The first-order valence-electron chi connectivity index (χ1n) is 6.90. The lowest BCUT2D eigenvalue weighted by Crippen LogP contribution is -2.09. The Kier molecular flexibility index (Phi) is 4.11. The van der Waals surface area contributed by atoms with Crippen LogP contribution in [0, 0.1) is 12.7 Å².